The zero-order valence-corrected chi connectivity index (χ0v) is 11.9. The molecule has 0 aliphatic heterocycles. The van der Waals surface area contributed by atoms with E-state index in [-0.39, 0.29) is 0 Å². The van der Waals surface area contributed by atoms with Crippen LogP contribution in [-0.2, 0) is 14.5 Å². The maximum absolute atomic E-state index is 11.3. The van der Waals surface area contributed by atoms with Gasteiger partial charge in [0.2, 0.25) is 0 Å². The minimum absolute atomic E-state index is 0.463. The van der Waals surface area contributed by atoms with Gasteiger partial charge in [-0.1, -0.05) is 13.8 Å². The van der Waals surface area contributed by atoms with Gasteiger partial charge >= 0.3 is 10.3 Å². The first-order valence-corrected chi connectivity index (χ1v) is 8.48. The zero-order chi connectivity index (χ0) is 13.1. The second-order valence-corrected chi connectivity index (χ2v) is 8.20. The molecule has 0 amide bonds. The van der Waals surface area contributed by atoms with Gasteiger partial charge in [0.25, 0.3) is 0 Å². The van der Waals surface area contributed by atoms with E-state index in [1.807, 2.05) is 0 Å². The first kappa shape index (κ1) is 12.9. The highest BCUT2D eigenvalue weighted by atomic mass is 32.2. The van der Waals surface area contributed by atoms with E-state index in [1.54, 1.807) is 0 Å². The monoisotopic (exact) mass is 273 g/mol. The van der Waals surface area contributed by atoms with E-state index < -0.39 is 15.9 Å². The lowest BCUT2D eigenvalue weighted by Gasteiger charge is -2.60. The summed E-state index contributed by atoms with van der Waals surface area (Å²) < 4.78 is 27.9. The van der Waals surface area contributed by atoms with E-state index in [9.17, 15) is 8.42 Å². The van der Waals surface area contributed by atoms with Gasteiger partial charge in [0.05, 0.1) is 5.60 Å². The fourth-order valence-corrected chi connectivity index (χ4v) is 6.12. The number of hydrogen-bond donors (Lipinski definition) is 1. The average molecular weight is 273 g/mol. The van der Waals surface area contributed by atoms with Gasteiger partial charge in [-0.3, -0.25) is 4.18 Å². The van der Waals surface area contributed by atoms with E-state index in [0.717, 1.165) is 25.2 Å². The molecule has 4 aliphatic carbocycles. The predicted molar refractivity (Wildman–Crippen MR) is 68.8 cm³/mol. The fourth-order valence-electron chi connectivity index (χ4n) is 5.43. The third-order valence-electron chi connectivity index (χ3n) is 5.35. The highest BCUT2D eigenvalue weighted by Crippen LogP contribution is 2.61. The van der Waals surface area contributed by atoms with Crippen LogP contribution in [0.4, 0.5) is 0 Å². The lowest BCUT2D eigenvalue weighted by Crippen LogP contribution is -2.57. The van der Waals surface area contributed by atoms with E-state index in [0.29, 0.717) is 23.7 Å². The molecular formula is C13H23NO3S. The molecule has 2 atom stereocenters. The van der Waals surface area contributed by atoms with Crippen molar-refractivity contribution < 1.29 is 12.6 Å². The van der Waals surface area contributed by atoms with Gasteiger partial charge in [0.1, 0.15) is 0 Å². The Hall–Kier alpha value is -0.130. The molecule has 2 unspecified atom stereocenters. The Balaban J connectivity index is 1.87. The van der Waals surface area contributed by atoms with Crippen molar-refractivity contribution in [1.29, 1.82) is 0 Å². The number of rotatable bonds is 3. The highest BCUT2D eigenvalue weighted by Gasteiger charge is 2.57. The highest BCUT2D eigenvalue weighted by molar-refractivity contribution is 7.84. The molecule has 2 N–H and O–H groups in total. The molecule has 0 aromatic heterocycles. The van der Waals surface area contributed by atoms with Crippen molar-refractivity contribution >= 4 is 10.3 Å². The van der Waals surface area contributed by atoms with Gasteiger partial charge in [-0.05, 0) is 61.7 Å². The Morgan fingerprint density at radius 3 is 2.17 bits per heavy atom. The summed E-state index contributed by atoms with van der Waals surface area (Å²) in [6.07, 6.45) is 5.18. The number of nitrogens with two attached hydrogens (primary N) is 1. The molecule has 4 aliphatic rings. The van der Waals surface area contributed by atoms with Crippen LogP contribution in [0.2, 0.25) is 0 Å². The van der Waals surface area contributed by atoms with Crippen LogP contribution in [0.25, 0.3) is 0 Å². The first-order chi connectivity index (χ1) is 8.28. The van der Waals surface area contributed by atoms with Crippen LogP contribution >= 0.6 is 0 Å². The van der Waals surface area contributed by atoms with Crippen LogP contribution in [0.15, 0.2) is 0 Å². The van der Waals surface area contributed by atoms with E-state index in [2.05, 4.69) is 13.8 Å². The van der Waals surface area contributed by atoms with E-state index in [4.69, 9.17) is 9.32 Å². The van der Waals surface area contributed by atoms with Crippen LogP contribution < -0.4 is 5.14 Å². The summed E-state index contributed by atoms with van der Waals surface area (Å²) in [7, 11) is -3.82. The summed E-state index contributed by atoms with van der Waals surface area (Å²) in [6, 6.07) is 0. The smallest absolute Gasteiger partial charge is 0.252 e. The topological polar surface area (TPSA) is 69.4 Å². The lowest BCUT2D eigenvalue weighted by atomic mass is 9.48. The Kier molecular flexibility index (Phi) is 2.81. The molecule has 4 fully saturated rings. The largest absolute Gasteiger partial charge is 0.333 e. The van der Waals surface area contributed by atoms with Gasteiger partial charge in [-0.15, -0.1) is 0 Å². The summed E-state index contributed by atoms with van der Waals surface area (Å²) in [4.78, 5) is 0. The van der Waals surface area contributed by atoms with Crippen molar-refractivity contribution in [2.45, 2.75) is 51.6 Å². The van der Waals surface area contributed by atoms with Gasteiger partial charge < -0.3 is 0 Å². The Morgan fingerprint density at radius 1 is 1.17 bits per heavy atom. The standard InChI is InChI=1S/C13H23NO3S/c1-8(2)12-10-3-9-4-11(12)7-13(5-9,6-10)17-18(14,15)16/h8-12H,3-7H2,1-2H3,(H2,14,15,16). The summed E-state index contributed by atoms with van der Waals surface area (Å²) in [5, 5.41) is 5.10. The molecule has 4 saturated carbocycles. The molecule has 0 saturated heterocycles. The van der Waals surface area contributed by atoms with E-state index >= 15 is 0 Å². The van der Waals surface area contributed by atoms with Gasteiger partial charge in [0.15, 0.2) is 0 Å². The SMILES string of the molecule is CC(C)C1C2CC3CC1CC(OS(N)(=O)=O)(C3)C2. The molecule has 104 valence electrons. The maximum Gasteiger partial charge on any atom is 0.333 e. The quantitative estimate of drug-likeness (QED) is 0.855. The zero-order valence-electron chi connectivity index (χ0n) is 11.1. The Bertz CT molecular complexity index is 429. The Morgan fingerprint density at radius 2 is 1.72 bits per heavy atom. The van der Waals surface area contributed by atoms with Crippen LogP contribution in [0.1, 0.15) is 46.0 Å². The van der Waals surface area contributed by atoms with Crippen molar-refractivity contribution in [3.8, 4) is 0 Å². The molecule has 0 heterocycles. The third kappa shape index (κ3) is 2.10. The van der Waals surface area contributed by atoms with Gasteiger partial charge in [0, 0.05) is 0 Å². The number of hydrogen-bond acceptors (Lipinski definition) is 3. The van der Waals surface area contributed by atoms with Crippen LogP contribution in [0, 0.1) is 29.6 Å². The normalized spacial score (nSPS) is 46.9. The summed E-state index contributed by atoms with van der Waals surface area (Å²) in [6.45, 7) is 4.58. The summed E-state index contributed by atoms with van der Waals surface area (Å²) in [5.74, 6) is 3.36. The molecule has 0 radical (unpaired) electrons. The van der Waals surface area contributed by atoms with Crippen molar-refractivity contribution in [1.82, 2.24) is 0 Å². The maximum atomic E-state index is 11.3. The molecule has 4 bridgehead atoms. The minimum atomic E-state index is -3.82. The molecule has 4 nitrogen and oxygen atoms in total. The van der Waals surface area contributed by atoms with Gasteiger partial charge in [-0.2, -0.15) is 8.42 Å². The molecule has 0 aromatic rings. The molecular weight excluding hydrogens is 250 g/mol. The predicted octanol–water partition coefficient (Wildman–Crippen LogP) is 2.06. The third-order valence-corrected chi connectivity index (χ3v) is 5.94. The van der Waals surface area contributed by atoms with Crippen molar-refractivity contribution in [2.75, 3.05) is 0 Å². The molecule has 5 heteroatoms. The van der Waals surface area contributed by atoms with E-state index in [1.165, 1.54) is 12.8 Å². The van der Waals surface area contributed by atoms with Crippen molar-refractivity contribution in [2.24, 2.45) is 34.7 Å². The molecule has 0 spiro atoms. The van der Waals surface area contributed by atoms with Crippen LogP contribution in [0.3, 0.4) is 0 Å². The molecule has 18 heavy (non-hydrogen) atoms. The van der Waals surface area contributed by atoms with Gasteiger partial charge in [-0.25, -0.2) is 5.14 Å². The molecule has 0 aromatic carbocycles. The summed E-state index contributed by atoms with van der Waals surface area (Å²) >= 11 is 0. The second-order valence-electron chi connectivity index (χ2n) is 7.05. The van der Waals surface area contributed by atoms with Crippen LogP contribution in [0.5, 0.6) is 0 Å². The Labute approximate surface area is 110 Å². The summed E-state index contributed by atoms with van der Waals surface area (Å²) in [5.41, 5.74) is -0.463. The average Bonchev–Trinajstić information content (AvgIpc) is 2.09. The minimum Gasteiger partial charge on any atom is -0.252 e. The second kappa shape index (κ2) is 3.93. The first-order valence-electron chi connectivity index (χ1n) is 7.01. The van der Waals surface area contributed by atoms with Crippen LogP contribution in [-0.4, -0.2) is 14.0 Å². The lowest BCUT2D eigenvalue weighted by molar-refractivity contribution is -0.144. The van der Waals surface area contributed by atoms with Crippen molar-refractivity contribution in [3.05, 3.63) is 0 Å². The fraction of sp³-hybridized carbons (Fsp3) is 1.00. The van der Waals surface area contributed by atoms with Crippen molar-refractivity contribution in [3.63, 3.8) is 0 Å². The molecule has 4 rings (SSSR count).